The van der Waals surface area contributed by atoms with E-state index in [9.17, 15) is 0 Å². The molecule has 2 aromatic carbocycles. The first-order valence-electron chi connectivity index (χ1n) is 6.80. The van der Waals surface area contributed by atoms with Gasteiger partial charge in [-0.3, -0.25) is 0 Å². The molecule has 0 spiro atoms. The van der Waals surface area contributed by atoms with Gasteiger partial charge < -0.3 is 11.1 Å². The number of piperidine rings is 1. The second kappa shape index (κ2) is 6.38. The summed E-state index contributed by atoms with van der Waals surface area (Å²) in [4.78, 5) is 0. The Morgan fingerprint density at radius 1 is 1.00 bits per heavy atom. The first-order valence-corrected chi connectivity index (χ1v) is 6.80. The number of hydrogen-bond donors (Lipinski definition) is 2. The Balaban J connectivity index is 0.00000133. The Morgan fingerprint density at radius 3 is 2.47 bits per heavy atom. The molecule has 19 heavy (non-hydrogen) atoms. The van der Waals surface area contributed by atoms with E-state index in [1.165, 1.54) is 29.2 Å². The van der Waals surface area contributed by atoms with E-state index >= 15 is 0 Å². The van der Waals surface area contributed by atoms with Crippen molar-refractivity contribution in [3.05, 3.63) is 48.0 Å². The maximum absolute atomic E-state index is 6.51. The fourth-order valence-electron chi connectivity index (χ4n) is 3.00. The van der Waals surface area contributed by atoms with E-state index < -0.39 is 0 Å². The maximum atomic E-state index is 6.51. The van der Waals surface area contributed by atoms with Crippen molar-refractivity contribution in [3.63, 3.8) is 0 Å². The van der Waals surface area contributed by atoms with Crippen LogP contribution in [0.1, 0.15) is 24.4 Å². The summed E-state index contributed by atoms with van der Waals surface area (Å²) in [5, 5.41) is 6.00. The Labute approximate surface area is 120 Å². The van der Waals surface area contributed by atoms with Crippen molar-refractivity contribution in [1.82, 2.24) is 5.32 Å². The molecule has 2 aromatic rings. The van der Waals surface area contributed by atoms with Crippen LogP contribution < -0.4 is 11.1 Å². The highest BCUT2D eigenvalue weighted by Crippen LogP contribution is 2.31. The first kappa shape index (κ1) is 14.3. The lowest BCUT2D eigenvalue weighted by Gasteiger charge is -2.29. The molecule has 0 unspecified atom stereocenters. The molecule has 3 rings (SSSR count). The minimum Gasteiger partial charge on any atom is -0.324 e. The molecule has 2 nitrogen and oxygen atoms in total. The highest BCUT2D eigenvalue weighted by molar-refractivity contribution is 5.86. The fraction of sp³-hybridized carbons (Fsp3) is 0.375. The average Bonchev–Trinajstić information content (AvgIpc) is 2.47. The van der Waals surface area contributed by atoms with E-state index in [0.29, 0.717) is 5.92 Å². The fourth-order valence-corrected chi connectivity index (χ4v) is 3.00. The molecule has 0 radical (unpaired) electrons. The van der Waals surface area contributed by atoms with Crippen molar-refractivity contribution in [2.45, 2.75) is 18.9 Å². The van der Waals surface area contributed by atoms with Crippen molar-refractivity contribution >= 4 is 23.2 Å². The molecule has 0 aromatic heterocycles. The molecule has 1 aliphatic heterocycles. The van der Waals surface area contributed by atoms with E-state index in [-0.39, 0.29) is 18.4 Å². The van der Waals surface area contributed by atoms with Gasteiger partial charge in [-0.25, -0.2) is 0 Å². The number of benzene rings is 2. The van der Waals surface area contributed by atoms with E-state index in [4.69, 9.17) is 5.73 Å². The van der Waals surface area contributed by atoms with Crippen LogP contribution in [0.5, 0.6) is 0 Å². The van der Waals surface area contributed by atoms with Crippen molar-refractivity contribution in [2.75, 3.05) is 13.1 Å². The predicted molar refractivity (Wildman–Crippen MR) is 83.7 cm³/mol. The second-order valence-corrected chi connectivity index (χ2v) is 5.18. The van der Waals surface area contributed by atoms with Crippen molar-refractivity contribution in [1.29, 1.82) is 0 Å². The SMILES string of the molecule is Cl.N[C@@H](c1cccc2ccccc12)C1CCNCC1. The lowest BCUT2D eigenvalue weighted by molar-refractivity contribution is 0.323. The molecular formula is C16H21ClN2. The van der Waals surface area contributed by atoms with Crippen LogP contribution in [-0.4, -0.2) is 13.1 Å². The van der Waals surface area contributed by atoms with Crippen LogP contribution in [0.4, 0.5) is 0 Å². The Hall–Kier alpha value is -1.09. The minimum absolute atomic E-state index is 0. The third-order valence-corrected chi connectivity index (χ3v) is 4.07. The van der Waals surface area contributed by atoms with Crippen molar-refractivity contribution in [2.24, 2.45) is 11.7 Å². The zero-order valence-electron chi connectivity index (χ0n) is 11.0. The number of hydrogen-bond acceptors (Lipinski definition) is 2. The summed E-state index contributed by atoms with van der Waals surface area (Å²) in [6, 6.07) is 15.2. The summed E-state index contributed by atoms with van der Waals surface area (Å²) in [5.41, 5.74) is 7.81. The highest BCUT2D eigenvalue weighted by Gasteiger charge is 2.22. The predicted octanol–water partition coefficient (Wildman–Crippen LogP) is 3.26. The smallest absolute Gasteiger partial charge is 0.0330 e. The third kappa shape index (κ3) is 2.92. The monoisotopic (exact) mass is 276 g/mol. The van der Waals surface area contributed by atoms with Crippen LogP contribution in [0.15, 0.2) is 42.5 Å². The van der Waals surface area contributed by atoms with Crippen LogP contribution in [0, 0.1) is 5.92 Å². The van der Waals surface area contributed by atoms with Crippen LogP contribution in [0.3, 0.4) is 0 Å². The second-order valence-electron chi connectivity index (χ2n) is 5.18. The van der Waals surface area contributed by atoms with Crippen LogP contribution in [0.25, 0.3) is 10.8 Å². The molecule has 1 atom stereocenters. The molecule has 0 aliphatic carbocycles. The summed E-state index contributed by atoms with van der Waals surface area (Å²) in [7, 11) is 0. The lowest BCUT2D eigenvalue weighted by atomic mass is 9.85. The minimum atomic E-state index is 0. The quantitative estimate of drug-likeness (QED) is 0.884. The van der Waals surface area contributed by atoms with Gasteiger partial charge in [0, 0.05) is 6.04 Å². The van der Waals surface area contributed by atoms with Gasteiger partial charge in [0.1, 0.15) is 0 Å². The lowest BCUT2D eigenvalue weighted by Crippen LogP contribution is -2.33. The highest BCUT2D eigenvalue weighted by atomic mass is 35.5. The summed E-state index contributed by atoms with van der Waals surface area (Å²) in [5.74, 6) is 0.608. The van der Waals surface area contributed by atoms with Gasteiger partial charge in [0.25, 0.3) is 0 Å². The molecular weight excluding hydrogens is 256 g/mol. The van der Waals surface area contributed by atoms with Crippen molar-refractivity contribution in [3.8, 4) is 0 Å². The summed E-state index contributed by atoms with van der Waals surface area (Å²) >= 11 is 0. The molecule has 1 fully saturated rings. The molecule has 102 valence electrons. The van der Waals surface area contributed by atoms with Gasteiger partial charge in [0.05, 0.1) is 0 Å². The molecule has 3 N–H and O–H groups in total. The largest absolute Gasteiger partial charge is 0.324 e. The van der Waals surface area contributed by atoms with Gasteiger partial charge in [-0.1, -0.05) is 42.5 Å². The number of nitrogens with one attached hydrogen (secondary N) is 1. The van der Waals surface area contributed by atoms with Crippen LogP contribution in [0.2, 0.25) is 0 Å². The van der Waals surface area contributed by atoms with Crippen LogP contribution >= 0.6 is 12.4 Å². The van der Waals surface area contributed by atoms with E-state index in [0.717, 1.165) is 13.1 Å². The molecule has 0 bridgehead atoms. The Kier molecular flexibility index (Phi) is 4.81. The molecule has 1 saturated heterocycles. The van der Waals surface area contributed by atoms with Gasteiger partial charge in [-0.05, 0) is 48.2 Å². The summed E-state index contributed by atoms with van der Waals surface area (Å²) in [6.45, 7) is 2.20. The molecule has 3 heteroatoms. The zero-order valence-corrected chi connectivity index (χ0v) is 11.8. The summed E-state index contributed by atoms with van der Waals surface area (Å²) < 4.78 is 0. The van der Waals surface area contributed by atoms with E-state index in [1.807, 2.05) is 0 Å². The van der Waals surface area contributed by atoms with Gasteiger partial charge in [-0.15, -0.1) is 12.4 Å². The Morgan fingerprint density at radius 2 is 1.68 bits per heavy atom. The van der Waals surface area contributed by atoms with Crippen molar-refractivity contribution < 1.29 is 0 Å². The summed E-state index contributed by atoms with van der Waals surface area (Å²) in [6.07, 6.45) is 2.37. The molecule has 0 saturated carbocycles. The molecule has 1 heterocycles. The third-order valence-electron chi connectivity index (χ3n) is 4.07. The zero-order chi connectivity index (χ0) is 12.4. The standard InChI is InChI=1S/C16H20N2.ClH/c17-16(13-8-10-18-11-9-13)15-7-3-5-12-4-1-2-6-14(12)15;/h1-7,13,16,18H,8-11,17H2;1H/t16-;/m1./s1. The topological polar surface area (TPSA) is 38.0 Å². The average molecular weight is 277 g/mol. The Bertz CT molecular complexity index is 530. The van der Waals surface area contributed by atoms with Gasteiger partial charge >= 0.3 is 0 Å². The number of rotatable bonds is 2. The normalized spacial score (nSPS) is 17.9. The van der Waals surface area contributed by atoms with E-state index in [1.54, 1.807) is 0 Å². The number of nitrogens with two attached hydrogens (primary N) is 1. The number of halogens is 1. The van der Waals surface area contributed by atoms with Gasteiger partial charge in [-0.2, -0.15) is 0 Å². The maximum Gasteiger partial charge on any atom is 0.0330 e. The van der Waals surface area contributed by atoms with Gasteiger partial charge in [0.2, 0.25) is 0 Å². The number of fused-ring (bicyclic) bond motifs is 1. The van der Waals surface area contributed by atoms with Crippen LogP contribution in [-0.2, 0) is 0 Å². The molecule has 0 amide bonds. The van der Waals surface area contributed by atoms with E-state index in [2.05, 4.69) is 47.8 Å². The first-order chi connectivity index (χ1) is 8.86. The molecule has 1 aliphatic rings. The van der Waals surface area contributed by atoms with Gasteiger partial charge in [0.15, 0.2) is 0 Å².